The van der Waals surface area contributed by atoms with Crippen LogP contribution in [0, 0.1) is 5.41 Å². The van der Waals surface area contributed by atoms with Gasteiger partial charge in [0.05, 0.1) is 0 Å². The standard InChI is InChI=1S/C8H12O4/c1-5(9)4-6(10)8(2,3)7(11)12/h4,10H,1-3H3,(H,11,12). The summed E-state index contributed by atoms with van der Waals surface area (Å²) in [6, 6.07) is 0. The molecule has 0 saturated carbocycles. The van der Waals surface area contributed by atoms with E-state index in [0.29, 0.717) is 0 Å². The maximum absolute atomic E-state index is 10.5. The SMILES string of the molecule is CC(=O)C=C(O)C(C)(C)C(=O)O. The Morgan fingerprint density at radius 3 is 1.92 bits per heavy atom. The van der Waals surface area contributed by atoms with E-state index in [2.05, 4.69) is 0 Å². The molecule has 0 amide bonds. The summed E-state index contributed by atoms with van der Waals surface area (Å²) in [6.45, 7) is 3.89. The molecule has 4 nitrogen and oxygen atoms in total. The molecule has 0 saturated heterocycles. The molecule has 0 aromatic rings. The summed E-state index contributed by atoms with van der Waals surface area (Å²) >= 11 is 0. The van der Waals surface area contributed by atoms with Gasteiger partial charge in [0.1, 0.15) is 11.2 Å². The highest BCUT2D eigenvalue weighted by Crippen LogP contribution is 2.23. The molecule has 0 aliphatic rings. The maximum Gasteiger partial charge on any atom is 0.316 e. The summed E-state index contributed by atoms with van der Waals surface area (Å²) in [6.07, 6.45) is 0.911. The van der Waals surface area contributed by atoms with E-state index < -0.39 is 17.1 Å². The van der Waals surface area contributed by atoms with Crippen LogP contribution in [-0.2, 0) is 9.59 Å². The topological polar surface area (TPSA) is 74.6 Å². The molecule has 0 aromatic carbocycles. The zero-order valence-electron chi connectivity index (χ0n) is 7.29. The number of ketones is 1. The summed E-state index contributed by atoms with van der Waals surface area (Å²) in [5, 5.41) is 17.8. The van der Waals surface area contributed by atoms with Gasteiger partial charge in [-0.15, -0.1) is 0 Å². The van der Waals surface area contributed by atoms with Crippen LogP contribution < -0.4 is 0 Å². The van der Waals surface area contributed by atoms with Gasteiger partial charge in [-0.1, -0.05) is 0 Å². The van der Waals surface area contributed by atoms with Crippen molar-refractivity contribution in [1.29, 1.82) is 0 Å². The second kappa shape index (κ2) is 3.38. The van der Waals surface area contributed by atoms with Gasteiger partial charge in [0, 0.05) is 6.08 Å². The van der Waals surface area contributed by atoms with Crippen LogP contribution in [-0.4, -0.2) is 22.0 Å². The Bertz CT molecular complexity index is 237. The molecular weight excluding hydrogens is 160 g/mol. The highest BCUT2D eigenvalue weighted by Gasteiger charge is 2.32. The van der Waals surface area contributed by atoms with Crippen molar-refractivity contribution in [2.24, 2.45) is 5.41 Å². The van der Waals surface area contributed by atoms with E-state index in [4.69, 9.17) is 5.11 Å². The van der Waals surface area contributed by atoms with Crippen molar-refractivity contribution < 1.29 is 19.8 Å². The van der Waals surface area contributed by atoms with E-state index in [9.17, 15) is 14.7 Å². The first-order valence-electron chi connectivity index (χ1n) is 3.43. The third-order valence-corrected chi connectivity index (χ3v) is 1.51. The second-order valence-electron chi connectivity index (χ2n) is 3.07. The maximum atomic E-state index is 10.5. The molecule has 68 valence electrons. The smallest absolute Gasteiger partial charge is 0.316 e. The van der Waals surface area contributed by atoms with Gasteiger partial charge in [-0.2, -0.15) is 0 Å². The van der Waals surface area contributed by atoms with E-state index in [1.165, 1.54) is 20.8 Å². The predicted molar refractivity (Wildman–Crippen MR) is 42.8 cm³/mol. The average molecular weight is 172 g/mol. The Kier molecular flexibility index (Phi) is 3.01. The molecule has 0 aliphatic heterocycles. The molecule has 12 heavy (non-hydrogen) atoms. The third-order valence-electron chi connectivity index (χ3n) is 1.51. The van der Waals surface area contributed by atoms with E-state index in [-0.39, 0.29) is 5.78 Å². The van der Waals surface area contributed by atoms with Crippen molar-refractivity contribution in [3.05, 3.63) is 11.8 Å². The molecule has 0 fully saturated rings. The van der Waals surface area contributed by atoms with Crippen molar-refractivity contribution in [3.8, 4) is 0 Å². The molecule has 0 heterocycles. The monoisotopic (exact) mass is 172 g/mol. The minimum atomic E-state index is -1.40. The summed E-state index contributed by atoms with van der Waals surface area (Å²) in [4.78, 5) is 21.0. The fraction of sp³-hybridized carbons (Fsp3) is 0.500. The predicted octanol–water partition coefficient (Wildman–Crippen LogP) is 1.13. The van der Waals surface area contributed by atoms with E-state index in [0.717, 1.165) is 6.08 Å². The van der Waals surface area contributed by atoms with Crippen molar-refractivity contribution in [1.82, 2.24) is 0 Å². The number of aliphatic hydroxyl groups is 1. The third kappa shape index (κ3) is 2.38. The summed E-state index contributed by atoms with van der Waals surface area (Å²) in [7, 11) is 0. The van der Waals surface area contributed by atoms with Crippen molar-refractivity contribution in [2.75, 3.05) is 0 Å². The Morgan fingerprint density at radius 1 is 1.25 bits per heavy atom. The fourth-order valence-corrected chi connectivity index (χ4v) is 0.483. The number of carbonyl (C=O) groups excluding carboxylic acids is 1. The quantitative estimate of drug-likeness (QED) is 0.494. The van der Waals surface area contributed by atoms with Crippen LogP contribution in [0.5, 0.6) is 0 Å². The van der Waals surface area contributed by atoms with Crippen molar-refractivity contribution in [2.45, 2.75) is 20.8 Å². The van der Waals surface area contributed by atoms with Gasteiger partial charge in [0.15, 0.2) is 5.78 Å². The molecule has 0 atom stereocenters. The van der Waals surface area contributed by atoms with Crippen LogP contribution in [0.1, 0.15) is 20.8 Å². The van der Waals surface area contributed by atoms with Gasteiger partial charge < -0.3 is 10.2 Å². The van der Waals surface area contributed by atoms with Gasteiger partial charge >= 0.3 is 5.97 Å². The lowest BCUT2D eigenvalue weighted by molar-refractivity contribution is -0.146. The summed E-state index contributed by atoms with van der Waals surface area (Å²) in [5.74, 6) is -1.97. The first-order chi connectivity index (χ1) is 5.28. The second-order valence-corrected chi connectivity index (χ2v) is 3.07. The number of carboxylic acid groups (broad SMARTS) is 1. The Balaban J connectivity index is 4.79. The normalized spacial score (nSPS) is 12.8. The van der Waals surface area contributed by atoms with Gasteiger partial charge in [0.2, 0.25) is 0 Å². The number of aliphatic carboxylic acids is 1. The van der Waals surface area contributed by atoms with Crippen molar-refractivity contribution >= 4 is 11.8 Å². The number of hydrogen-bond donors (Lipinski definition) is 2. The lowest BCUT2D eigenvalue weighted by Crippen LogP contribution is -2.26. The van der Waals surface area contributed by atoms with Gasteiger partial charge in [0.25, 0.3) is 0 Å². The van der Waals surface area contributed by atoms with Gasteiger partial charge in [-0.3, -0.25) is 9.59 Å². The lowest BCUT2D eigenvalue weighted by atomic mass is 9.90. The Morgan fingerprint density at radius 2 is 1.67 bits per heavy atom. The minimum Gasteiger partial charge on any atom is -0.511 e. The number of carboxylic acids is 1. The Hall–Kier alpha value is -1.32. The molecule has 4 heteroatoms. The summed E-state index contributed by atoms with van der Waals surface area (Å²) < 4.78 is 0. The molecule has 0 aromatic heterocycles. The van der Waals surface area contributed by atoms with Gasteiger partial charge in [-0.25, -0.2) is 0 Å². The van der Waals surface area contributed by atoms with Crippen LogP contribution >= 0.6 is 0 Å². The molecule has 0 bridgehead atoms. The molecule has 0 rings (SSSR count). The first-order valence-corrected chi connectivity index (χ1v) is 3.43. The number of rotatable bonds is 3. The zero-order valence-corrected chi connectivity index (χ0v) is 7.29. The minimum absolute atomic E-state index is 0.373. The van der Waals surface area contributed by atoms with E-state index >= 15 is 0 Å². The first kappa shape index (κ1) is 10.7. The van der Waals surface area contributed by atoms with Crippen LogP contribution in [0.2, 0.25) is 0 Å². The van der Waals surface area contributed by atoms with E-state index in [1.807, 2.05) is 0 Å². The van der Waals surface area contributed by atoms with E-state index in [1.54, 1.807) is 0 Å². The highest BCUT2D eigenvalue weighted by atomic mass is 16.4. The molecule has 0 aliphatic carbocycles. The molecule has 0 radical (unpaired) electrons. The van der Waals surface area contributed by atoms with Crippen molar-refractivity contribution in [3.63, 3.8) is 0 Å². The molecular formula is C8H12O4. The fourth-order valence-electron chi connectivity index (χ4n) is 0.483. The van der Waals surface area contributed by atoms with Crippen LogP contribution in [0.4, 0.5) is 0 Å². The van der Waals surface area contributed by atoms with Crippen LogP contribution in [0.3, 0.4) is 0 Å². The molecule has 0 unspecified atom stereocenters. The largest absolute Gasteiger partial charge is 0.511 e. The van der Waals surface area contributed by atoms with Gasteiger partial charge in [-0.05, 0) is 20.8 Å². The molecule has 2 N–H and O–H groups in total. The summed E-state index contributed by atoms with van der Waals surface area (Å²) in [5.41, 5.74) is -1.40. The number of carbonyl (C=O) groups is 2. The van der Waals surface area contributed by atoms with Crippen LogP contribution in [0.15, 0.2) is 11.8 Å². The number of allylic oxidation sites excluding steroid dienone is 1. The van der Waals surface area contributed by atoms with Crippen LogP contribution in [0.25, 0.3) is 0 Å². The zero-order chi connectivity index (χ0) is 9.94. The Labute approximate surface area is 70.5 Å². The number of aliphatic hydroxyl groups excluding tert-OH is 1. The average Bonchev–Trinajstić information content (AvgIpc) is 1.85. The highest BCUT2D eigenvalue weighted by molar-refractivity contribution is 5.89. The molecule has 0 spiro atoms. The lowest BCUT2D eigenvalue weighted by Gasteiger charge is -2.17. The number of hydrogen-bond acceptors (Lipinski definition) is 3.